The maximum absolute atomic E-state index is 3.65. The lowest BCUT2D eigenvalue weighted by atomic mass is 9.89. The fourth-order valence-electron chi connectivity index (χ4n) is 2.37. The summed E-state index contributed by atoms with van der Waals surface area (Å²) in [5, 5.41) is 7.18. The highest BCUT2D eigenvalue weighted by molar-refractivity contribution is 14.1. The van der Waals surface area contributed by atoms with Crippen LogP contribution in [0.5, 0.6) is 0 Å². The van der Waals surface area contributed by atoms with E-state index in [2.05, 4.69) is 88.7 Å². The van der Waals surface area contributed by atoms with Crippen molar-refractivity contribution in [3.63, 3.8) is 0 Å². The molecule has 18 heavy (non-hydrogen) atoms. The number of rotatable bonds is 1. The highest BCUT2D eigenvalue weighted by Crippen LogP contribution is 2.35. The zero-order valence-corrected chi connectivity index (χ0v) is 12.4. The monoisotopic (exact) mass is 350 g/mol. The van der Waals surface area contributed by atoms with Crippen LogP contribution >= 0.6 is 22.6 Å². The normalized spacial score (nSPS) is 21.7. The maximum atomic E-state index is 3.65. The first kappa shape index (κ1) is 11.8. The molecule has 0 spiro atoms. The number of benzene rings is 2. The van der Waals surface area contributed by atoms with E-state index in [9.17, 15) is 0 Å². The summed E-state index contributed by atoms with van der Waals surface area (Å²) in [6.07, 6.45) is 0. The summed E-state index contributed by atoms with van der Waals surface area (Å²) in [5.41, 5.74) is 3.62. The summed E-state index contributed by atoms with van der Waals surface area (Å²) < 4.78 is 1.25. The van der Waals surface area contributed by atoms with Crippen molar-refractivity contribution >= 4 is 34.0 Å². The van der Waals surface area contributed by atoms with Gasteiger partial charge < -0.3 is 10.6 Å². The molecule has 0 aromatic heterocycles. The lowest BCUT2D eigenvalue weighted by molar-refractivity contribution is 0.565. The molecular weight excluding hydrogens is 335 g/mol. The van der Waals surface area contributed by atoms with Gasteiger partial charge in [-0.25, -0.2) is 0 Å². The van der Waals surface area contributed by atoms with Crippen LogP contribution in [0.2, 0.25) is 0 Å². The lowest BCUT2D eigenvalue weighted by Gasteiger charge is -2.38. The van der Waals surface area contributed by atoms with Gasteiger partial charge in [-0.15, -0.1) is 0 Å². The van der Waals surface area contributed by atoms with E-state index in [1.54, 1.807) is 0 Å². The van der Waals surface area contributed by atoms with Crippen LogP contribution in [0.25, 0.3) is 0 Å². The largest absolute Gasteiger partial charge is 0.381 e. The molecule has 3 heteroatoms. The molecule has 2 N–H and O–H groups in total. The summed E-state index contributed by atoms with van der Waals surface area (Å²) in [7, 11) is 0. The number of halogens is 1. The second-order valence-corrected chi connectivity index (χ2v) is 6.11. The van der Waals surface area contributed by atoms with E-state index >= 15 is 0 Å². The molecule has 2 aromatic rings. The Morgan fingerprint density at radius 3 is 2.61 bits per heavy atom. The van der Waals surface area contributed by atoms with Crippen molar-refractivity contribution in [1.29, 1.82) is 0 Å². The molecule has 0 amide bonds. The molecule has 1 aliphatic heterocycles. The topological polar surface area (TPSA) is 24.1 Å². The van der Waals surface area contributed by atoms with Crippen LogP contribution in [0.4, 0.5) is 11.4 Å². The fraction of sp³-hybridized carbons (Fsp3) is 0.200. The van der Waals surface area contributed by atoms with Crippen molar-refractivity contribution in [3.8, 4) is 0 Å². The second-order valence-electron chi connectivity index (χ2n) is 4.87. The third-order valence-corrected chi connectivity index (χ3v) is 4.11. The van der Waals surface area contributed by atoms with Crippen LogP contribution in [-0.4, -0.2) is 6.54 Å². The maximum Gasteiger partial charge on any atom is 0.0770 e. The third kappa shape index (κ3) is 2.07. The van der Waals surface area contributed by atoms with Crippen LogP contribution in [0, 0.1) is 3.57 Å². The molecule has 0 aliphatic carbocycles. The first-order chi connectivity index (χ1) is 8.67. The Hall–Kier alpha value is -1.23. The van der Waals surface area contributed by atoms with Gasteiger partial charge in [0.25, 0.3) is 0 Å². The second kappa shape index (κ2) is 4.46. The smallest absolute Gasteiger partial charge is 0.0770 e. The van der Waals surface area contributed by atoms with Crippen molar-refractivity contribution in [2.45, 2.75) is 12.5 Å². The van der Waals surface area contributed by atoms with Crippen LogP contribution in [0.1, 0.15) is 12.5 Å². The molecule has 1 aliphatic rings. The van der Waals surface area contributed by atoms with Gasteiger partial charge >= 0.3 is 0 Å². The van der Waals surface area contributed by atoms with Crippen molar-refractivity contribution < 1.29 is 0 Å². The Labute approximate surface area is 121 Å². The summed E-state index contributed by atoms with van der Waals surface area (Å²) in [4.78, 5) is 0. The summed E-state index contributed by atoms with van der Waals surface area (Å²) >= 11 is 2.34. The van der Waals surface area contributed by atoms with Gasteiger partial charge in [-0.1, -0.05) is 30.3 Å². The first-order valence-corrected chi connectivity index (χ1v) is 7.12. The van der Waals surface area contributed by atoms with E-state index in [0.717, 1.165) is 6.54 Å². The Kier molecular flexibility index (Phi) is 2.93. The Morgan fingerprint density at radius 2 is 1.83 bits per heavy atom. The van der Waals surface area contributed by atoms with Crippen LogP contribution in [0.15, 0.2) is 48.5 Å². The SMILES string of the molecule is CC1(c2ccccc2)CNc2cc(I)ccc2N1. The average molecular weight is 350 g/mol. The van der Waals surface area contributed by atoms with Gasteiger partial charge in [-0.3, -0.25) is 0 Å². The quantitative estimate of drug-likeness (QED) is 0.759. The van der Waals surface area contributed by atoms with Gasteiger partial charge in [0.2, 0.25) is 0 Å². The van der Waals surface area contributed by atoms with E-state index in [4.69, 9.17) is 0 Å². The molecule has 92 valence electrons. The Balaban J connectivity index is 1.97. The number of anilines is 2. The number of nitrogens with one attached hydrogen (secondary N) is 2. The molecule has 0 bridgehead atoms. The summed E-state index contributed by atoms with van der Waals surface area (Å²) in [6, 6.07) is 17.0. The fourth-order valence-corrected chi connectivity index (χ4v) is 2.86. The third-order valence-electron chi connectivity index (χ3n) is 3.44. The molecule has 0 saturated carbocycles. The predicted octanol–water partition coefficient (Wildman–Crippen LogP) is 4.04. The van der Waals surface area contributed by atoms with E-state index in [1.165, 1.54) is 20.5 Å². The van der Waals surface area contributed by atoms with Crippen LogP contribution < -0.4 is 10.6 Å². The predicted molar refractivity (Wildman–Crippen MR) is 85.1 cm³/mol. The molecular formula is C15H15IN2. The number of fused-ring (bicyclic) bond motifs is 1. The summed E-state index contributed by atoms with van der Waals surface area (Å²) in [5.74, 6) is 0. The minimum atomic E-state index is -0.0545. The Morgan fingerprint density at radius 1 is 1.06 bits per heavy atom. The molecule has 1 heterocycles. The van der Waals surface area contributed by atoms with E-state index < -0.39 is 0 Å². The van der Waals surface area contributed by atoms with Crippen LogP contribution in [0.3, 0.4) is 0 Å². The van der Waals surface area contributed by atoms with Gasteiger partial charge in [-0.2, -0.15) is 0 Å². The molecule has 0 saturated heterocycles. The van der Waals surface area contributed by atoms with Gasteiger partial charge in [0.15, 0.2) is 0 Å². The van der Waals surface area contributed by atoms with Crippen molar-refractivity contribution in [3.05, 3.63) is 57.7 Å². The molecule has 3 rings (SSSR count). The molecule has 0 fully saturated rings. The highest BCUT2D eigenvalue weighted by Gasteiger charge is 2.30. The molecule has 1 atom stereocenters. The summed E-state index contributed by atoms with van der Waals surface area (Å²) in [6.45, 7) is 3.13. The van der Waals surface area contributed by atoms with E-state index in [1.807, 2.05) is 0 Å². The Bertz CT molecular complexity index is 568. The van der Waals surface area contributed by atoms with E-state index in [0.29, 0.717) is 0 Å². The minimum Gasteiger partial charge on any atom is -0.381 e. The molecule has 1 unspecified atom stereocenters. The lowest BCUT2D eigenvalue weighted by Crippen LogP contribution is -2.42. The zero-order chi connectivity index (χ0) is 12.6. The van der Waals surface area contributed by atoms with E-state index in [-0.39, 0.29) is 5.54 Å². The molecule has 2 nitrogen and oxygen atoms in total. The van der Waals surface area contributed by atoms with Crippen LogP contribution in [-0.2, 0) is 5.54 Å². The minimum absolute atomic E-state index is 0.0545. The van der Waals surface area contributed by atoms with Gasteiger partial charge in [-0.05, 0) is 53.3 Å². The molecule has 0 radical (unpaired) electrons. The highest BCUT2D eigenvalue weighted by atomic mass is 127. The van der Waals surface area contributed by atoms with Gasteiger partial charge in [0.05, 0.1) is 16.9 Å². The molecule has 2 aromatic carbocycles. The van der Waals surface area contributed by atoms with Gasteiger partial charge in [0.1, 0.15) is 0 Å². The van der Waals surface area contributed by atoms with Crippen molar-refractivity contribution in [1.82, 2.24) is 0 Å². The van der Waals surface area contributed by atoms with Gasteiger partial charge in [0, 0.05) is 10.1 Å². The number of hydrogen-bond acceptors (Lipinski definition) is 2. The average Bonchev–Trinajstić information content (AvgIpc) is 2.40. The first-order valence-electron chi connectivity index (χ1n) is 6.04. The number of hydrogen-bond donors (Lipinski definition) is 2. The van der Waals surface area contributed by atoms with Crippen molar-refractivity contribution in [2.24, 2.45) is 0 Å². The van der Waals surface area contributed by atoms with Crippen molar-refractivity contribution in [2.75, 3.05) is 17.2 Å². The zero-order valence-electron chi connectivity index (χ0n) is 10.2. The standard InChI is InChI=1S/C15H15IN2/c1-15(11-5-3-2-4-6-11)10-17-14-9-12(16)7-8-13(14)18-15/h2-9,17-18H,10H2,1H3.